The number of thiazole rings is 1. The number of carboxylic acid groups (broad SMARTS) is 1. The van der Waals surface area contributed by atoms with Crippen molar-refractivity contribution in [3.63, 3.8) is 0 Å². The van der Waals surface area contributed by atoms with E-state index in [-0.39, 0.29) is 25.4 Å². The normalized spacial score (nSPS) is 13.9. The van der Waals surface area contributed by atoms with Gasteiger partial charge in [0.25, 0.3) is 0 Å². The Morgan fingerprint density at radius 3 is 2.29 bits per heavy atom. The van der Waals surface area contributed by atoms with Crippen LogP contribution in [0.4, 0.5) is 4.79 Å². The third-order valence-electron chi connectivity index (χ3n) is 6.10. The quantitative estimate of drug-likeness (QED) is 0.394. The molecule has 0 radical (unpaired) electrons. The molecule has 182 valence electrons. The molecule has 0 saturated heterocycles. The van der Waals surface area contributed by atoms with Gasteiger partial charge >= 0.3 is 12.1 Å². The van der Waals surface area contributed by atoms with Gasteiger partial charge in [0.15, 0.2) is 0 Å². The molecule has 1 heterocycles. The largest absolute Gasteiger partial charge is 0.481 e. The fraction of sp³-hybridized carbons (Fsp3) is 0.308. The third kappa shape index (κ3) is 5.86. The van der Waals surface area contributed by atoms with Crippen LogP contribution in [0.15, 0.2) is 60.2 Å². The van der Waals surface area contributed by atoms with Gasteiger partial charge in [-0.15, -0.1) is 11.3 Å². The van der Waals surface area contributed by atoms with Gasteiger partial charge < -0.3 is 20.5 Å². The van der Waals surface area contributed by atoms with Gasteiger partial charge in [-0.2, -0.15) is 0 Å². The van der Waals surface area contributed by atoms with Crippen LogP contribution < -0.4 is 10.6 Å². The first-order valence-corrected chi connectivity index (χ1v) is 12.3. The summed E-state index contributed by atoms with van der Waals surface area (Å²) >= 11 is 1.37. The number of hydrogen-bond acceptors (Lipinski definition) is 6. The minimum Gasteiger partial charge on any atom is -0.481 e. The van der Waals surface area contributed by atoms with Crippen LogP contribution in [0, 0.1) is 0 Å². The Morgan fingerprint density at radius 2 is 1.71 bits per heavy atom. The minimum absolute atomic E-state index is 0.0954. The van der Waals surface area contributed by atoms with Crippen molar-refractivity contribution >= 4 is 29.3 Å². The van der Waals surface area contributed by atoms with Crippen LogP contribution >= 0.6 is 11.3 Å². The molecule has 2 atom stereocenters. The number of alkyl carbamates (subject to hydrolysis) is 1. The fourth-order valence-corrected chi connectivity index (χ4v) is 4.99. The number of carboxylic acids is 1. The zero-order chi connectivity index (χ0) is 24.8. The molecule has 1 aromatic heterocycles. The molecule has 0 fully saturated rings. The van der Waals surface area contributed by atoms with Crippen LogP contribution in [-0.2, 0) is 20.7 Å². The monoisotopic (exact) mass is 493 g/mol. The maximum atomic E-state index is 13.0. The van der Waals surface area contributed by atoms with Crippen molar-refractivity contribution in [1.29, 1.82) is 0 Å². The second-order valence-electron chi connectivity index (χ2n) is 8.41. The van der Waals surface area contributed by atoms with Crippen LogP contribution in [0.1, 0.15) is 41.7 Å². The van der Waals surface area contributed by atoms with Crippen LogP contribution in [0.5, 0.6) is 0 Å². The summed E-state index contributed by atoms with van der Waals surface area (Å²) in [6.07, 6.45) is 1.42. The van der Waals surface area contributed by atoms with E-state index in [1.54, 1.807) is 18.6 Å². The van der Waals surface area contributed by atoms with Crippen LogP contribution in [0.2, 0.25) is 0 Å². The number of nitrogens with one attached hydrogen (secondary N) is 2. The van der Waals surface area contributed by atoms with E-state index in [1.165, 1.54) is 11.3 Å². The maximum Gasteiger partial charge on any atom is 0.407 e. The van der Waals surface area contributed by atoms with Gasteiger partial charge in [0.2, 0.25) is 5.91 Å². The van der Waals surface area contributed by atoms with E-state index in [2.05, 4.69) is 27.8 Å². The summed E-state index contributed by atoms with van der Waals surface area (Å²) in [5.41, 5.74) is 6.10. The van der Waals surface area contributed by atoms with E-state index in [4.69, 9.17) is 9.84 Å². The Morgan fingerprint density at radius 1 is 1.06 bits per heavy atom. The Hall–Kier alpha value is -3.72. The van der Waals surface area contributed by atoms with Crippen molar-refractivity contribution in [2.75, 3.05) is 6.61 Å². The summed E-state index contributed by atoms with van der Waals surface area (Å²) in [7, 11) is 0. The van der Waals surface area contributed by atoms with Crippen molar-refractivity contribution in [2.24, 2.45) is 0 Å². The van der Waals surface area contributed by atoms with Gasteiger partial charge in [-0.05, 0) is 28.7 Å². The van der Waals surface area contributed by atoms with Crippen molar-refractivity contribution in [3.05, 3.63) is 76.2 Å². The van der Waals surface area contributed by atoms with E-state index < -0.39 is 30.1 Å². The molecule has 9 heteroatoms. The zero-order valence-corrected chi connectivity index (χ0v) is 20.1. The van der Waals surface area contributed by atoms with E-state index in [0.717, 1.165) is 27.1 Å². The molecule has 2 amide bonds. The second kappa shape index (κ2) is 11.1. The van der Waals surface area contributed by atoms with Crippen molar-refractivity contribution in [2.45, 2.75) is 44.2 Å². The van der Waals surface area contributed by atoms with Gasteiger partial charge in [-0.1, -0.05) is 55.5 Å². The Kier molecular flexibility index (Phi) is 7.77. The minimum atomic E-state index is -0.999. The third-order valence-corrected chi connectivity index (χ3v) is 6.90. The molecule has 1 aliphatic carbocycles. The molecule has 1 aliphatic rings. The highest BCUT2D eigenvalue weighted by atomic mass is 32.1. The molecule has 8 nitrogen and oxygen atoms in total. The zero-order valence-electron chi connectivity index (χ0n) is 19.3. The number of aliphatic carboxylic acids is 1. The lowest BCUT2D eigenvalue weighted by Gasteiger charge is -2.22. The number of aromatic nitrogens is 1. The van der Waals surface area contributed by atoms with Gasteiger partial charge in [0.1, 0.15) is 12.6 Å². The number of rotatable bonds is 10. The van der Waals surface area contributed by atoms with Crippen LogP contribution in [-0.4, -0.2) is 46.8 Å². The van der Waals surface area contributed by atoms with Crippen molar-refractivity contribution in [1.82, 2.24) is 15.6 Å². The molecule has 0 bridgehead atoms. The number of carbonyl (C=O) groups is 3. The van der Waals surface area contributed by atoms with Crippen LogP contribution in [0.25, 0.3) is 11.1 Å². The molecule has 2 aromatic carbocycles. The average molecular weight is 494 g/mol. The number of nitrogens with zero attached hydrogens (tertiary/aromatic N) is 1. The topological polar surface area (TPSA) is 118 Å². The van der Waals surface area contributed by atoms with Crippen LogP contribution in [0.3, 0.4) is 0 Å². The lowest BCUT2D eigenvalue weighted by Crippen LogP contribution is -2.51. The molecular formula is C26H27N3O5S. The summed E-state index contributed by atoms with van der Waals surface area (Å²) in [6.45, 7) is 1.93. The maximum absolute atomic E-state index is 13.0. The molecule has 1 unspecified atom stereocenters. The van der Waals surface area contributed by atoms with Gasteiger partial charge in [-0.3, -0.25) is 14.6 Å². The van der Waals surface area contributed by atoms with E-state index >= 15 is 0 Å². The van der Waals surface area contributed by atoms with Crippen molar-refractivity contribution < 1.29 is 24.2 Å². The summed E-state index contributed by atoms with van der Waals surface area (Å²) < 4.78 is 5.60. The first-order valence-electron chi connectivity index (χ1n) is 11.5. The molecule has 4 rings (SSSR count). The second-order valence-corrected chi connectivity index (χ2v) is 9.38. The number of amides is 2. The van der Waals surface area contributed by atoms with Gasteiger partial charge in [-0.25, -0.2) is 4.79 Å². The summed E-state index contributed by atoms with van der Waals surface area (Å²) in [5.74, 6) is -1.55. The van der Waals surface area contributed by atoms with E-state index in [0.29, 0.717) is 6.42 Å². The molecule has 0 saturated carbocycles. The highest BCUT2D eigenvalue weighted by Gasteiger charge is 2.30. The molecule has 3 aromatic rings. The lowest BCUT2D eigenvalue weighted by atomic mass is 9.98. The van der Waals surface area contributed by atoms with E-state index in [1.807, 2.05) is 36.4 Å². The molecular weight excluding hydrogens is 466 g/mol. The predicted octanol–water partition coefficient (Wildman–Crippen LogP) is 3.96. The standard InChI is InChI=1S/C26H27N3O5S/c1-2-16(11-24(30)31)28-25(32)23(12-17-13-27-15-35-17)29-26(33)34-14-22-20-9-5-3-7-18(20)19-8-4-6-10-21(19)22/h3-10,13,15-16,22-23H,2,11-12,14H2,1H3,(H,28,32)(H,29,33)(H,30,31)/t16-,23?/m0/s1. The van der Waals surface area contributed by atoms with Gasteiger partial charge in [0, 0.05) is 29.5 Å². The number of fused-ring (bicyclic) bond motifs is 3. The number of benzene rings is 2. The lowest BCUT2D eigenvalue weighted by molar-refractivity contribution is -0.137. The SMILES string of the molecule is CC[C@@H](CC(=O)O)NC(=O)C(Cc1cncs1)NC(=O)OCC1c2ccccc2-c2ccccc21. The molecule has 3 N–H and O–H groups in total. The summed E-state index contributed by atoms with van der Waals surface area (Å²) in [4.78, 5) is 41.7. The summed E-state index contributed by atoms with van der Waals surface area (Å²) in [5, 5.41) is 14.5. The number of ether oxygens (including phenoxy) is 1. The first kappa shape index (κ1) is 24.4. The predicted molar refractivity (Wildman–Crippen MR) is 132 cm³/mol. The van der Waals surface area contributed by atoms with Gasteiger partial charge in [0.05, 0.1) is 11.9 Å². The fourth-order valence-electron chi connectivity index (χ4n) is 4.35. The Balaban J connectivity index is 1.43. The number of hydrogen-bond donors (Lipinski definition) is 3. The summed E-state index contributed by atoms with van der Waals surface area (Å²) in [6, 6.07) is 14.6. The molecule has 35 heavy (non-hydrogen) atoms. The van der Waals surface area contributed by atoms with Crippen molar-refractivity contribution in [3.8, 4) is 11.1 Å². The highest BCUT2D eigenvalue weighted by molar-refractivity contribution is 7.09. The average Bonchev–Trinajstić information content (AvgIpc) is 3.47. The molecule has 0 spiro atoms. The number of carbonyl (C=O) groups excluding carboxylic acids is 2. The molecule has 0 aliphatic heterocycles. The Labute approximate surface area is 207 Å². The first-order chi connectivity index (χ1) is 17.0. The highest BCUT2D eigenvalue weighted by Crippen LogP contribution is 2.44. The van der Waals surface area contributed by atoms with E-state index in [9.17, 15) is 14.4 Å². The smallest absolute Gasteiger partial charge is 0.407 e. The Bertz CT molecular complexity index is 1150.